The van der Waals surface area contributed by atoms with Gasteiger partial charge in [0.15, 0.2) is 11.6 Å². The molecule has 0 radical (unpaired) electrons. The molecular weight excluding hydrogens is 238 g/mol. The molecule has 0 amide bonds. The molecule has 1 aliphatic heterocycles. The summed E-state index contributed by atoms with van der Waals surface area (Å²) in [4.78, 5) is 2.02. The normalized spacial score (nSPS) is 17.6. The molecule has 1 heterocycles. The highest BCUT2D eigenvalue weighted by Gasteiger charge is 2.24. The predicted octanol–water partition coefficient (Wildman–Crippen LogP) is 2.49. The van der Waals surface area contributed by atoms with Crippen molar-refractivity contribution in [2.75, 3.05) is 25.1 Å². The molecule has 0 saturated carbocycles. The summed E-state index contributed by atoms with van der Waals surface area (Å²) in [6, 6.07) is 4.32. The van der Waals surface area contributed by atoms with Gasteiger partial charge in [0.25, 0.3) is 0 Å². The van der Waals surface area contributed by atoms with Crippen LogP contribution in [0.15, 0.2) is 24.1 Å². The van der Waals surface area contributed by atoms with E-state index < -0.39 is 0 Å². The second-order valence-electron chi connectivity index (χ2n) is 4.89. The van der Waals surface area contributed by atoms with Gasteiger partial charge in [0, 0.05) is 18.9 Å². The lowest BCUT2D eigenvalue weighted by atomic mass is 10.0. The van der Waals surface area contributed by atoms with Gasteiger partial charge in [-0.1, -0.05) is 17.7 Å². The summed E-state index contributed by atoms with van der Waals surface area (Å²) in [5.41, 5.74) is 4.78. The molecule has 0 unspecified atom stereocenters. The lowest BCUT2D eigenvalue weighted by Gasteiger charge is -2.33. The maximum atomic E-state index is 8.28. The van der Waals surface area contributed by atoms with Gasteiger partial charge in [-0.3, -0.25) is 5.41 Å². The van der Waals surface area contributed by atoms with Gasteiger partial charge >= 0.3 is 0 Å². The molecule has 102 valence electrons. The van der Waals surface area contributed by atoms with Crippen LogP contribution in [0.5, 0.6) is 0 Å². The first kappa shape index (κ1) is 13.5. The van der Waals surface area contributed by atoms with Crippen LogP contribution in [0.3, 0.4) is 0 Å². The van der Waals surface area contributed by atoms with Crippen LogP contribution >= 0.6 is 0 Å². The van der Waals surface area contributed by atoms with Crippen LogP contribution in [0.2, 0.25) is 0 Å². The first-order valence-electron chi connectivity index (χ1n) is 6.49. The summed E-state index contributed by atoms with van der Waals surface area (Å²) in [5.74, 6) is 1.00. The zero-order valence-corrected chi connectivity index (χ0v) is 12.0. The molecule has 1 aromatic rings. The van der Waals surface area contributed by atoms with Crippen LogP contribution < -0.4 is 10.2 Å². The van der Waals surface area contributed by atoms with Gasteiger partial charge in [-0.15, -0.1) is 0 Å². The van der Waals surface area contributed by atoms with Crippen molar-refractivity contribution >= 4 is 11.5 Å². The third-order valence-corrected chi connectivity index (χ3v) is 3.26. The molecule has 1 aromatic carbocycles. The molecule has 0 bridgehead atoms. The van der Waals surface area contributed by atoms with Gasteiger partial charge in [0.1, 0.15) is 6.61 Å². The fourth-order valence-electron chi connectivity index (χ4n) is 2.62. The van der Waals surface area contributed by atoms with Crippen molar-refractivity contribution in [3.05, 3.63) is 40.8 Å². The molecule has 0 aromatic heterocycles. The van der Waals surface area contributed by atoms with Crippen LogP contribution in [-0.4, -0.2) is 26.0 Å². The number of rotatable bonds is 2. The Morgan fingerprint density at radius 3 is 2.47 bits per heavy atom. The maximum Gasteiger partial charge on any atom is 0.177 e. The zero-order chi connectivity index (χ0) is 14.0. The average Bonchev–Trinajstić information content (AvgIpc) is 2.32. The van der Waals surface area contributed by atoms with Crippen molar-refractivity contribution in [1.82, 2.24) is 5.32 Å². The Kier molecular flexibility index (Phi) is 3.79. The second-order valence-corrected chi connectivity index (χ2v) is 4.89. The van der Waals surface area contributed by atoms with Gasteiger partial charge in [0.05, 0.1) is 6.54 Å². The van der Waals surface area contributed by atoms with E-state index in [-0.39, 0.29) is 0 Å². The highest BCUT2D eigenvalue weighted by atomic mass is 16.5. The number of aryl methyl sites for hydroxylation is 3. The average molecular weight is 259 g/mol. The highest BCUT2D eigenvalue weighted by molar-refractivity contribution is 6.07. The van der Waals surface area contributed by atoms with E-state index in [1.54, 1.807) is 6.20 Å². The fourth-order valence-corrected chi connectivity index (χ4v) is 2.62. The van der Waals surface area contributed by atoms with Crippen molar-refractivity contribution in [2.45, 2.75) is 20.8 Å². The number of morpholine rings is 1. The summed E-state index contributed by atoms with van der Waals surface area (Å²) >= 11 is 0. The number of ether oxygens (including phenoxy) is 1. The maximum absolute atomic E-state index is 8.28. The lowest BCUT2D eigenvalue weighted by molar-refractivity contribution is 0.225. The van der Waals surface area contributed by atoms with Crippen LogP contribution in [0.4, 0.5) is 5.69 Å². The van der Waals surface area contributed by atoms with E-state index in [1.165, 1.54) is 16.7 Å². The molecule has 1 aliphatic rings. The second kappa shape index (κ2) is 5.34. The summed E-state index contributed by atoms with van der Waals surface area (Å²) in [5, 5.41) is 11.2. The van der Waals surface area contributed by atoms with Gasteiger partial charge in [0.2, 0.25) is 0 Å². The Morgan fingerprint density at radius 1 is 1.26 bits per heavy atom. The van der Waals surface area contributed by atoms with Crippen molar-refractivity contribution in [3.63, 3.8) is 0 Å². The smallest absolute Gasteiger partial charge is 0.177 e. The van der Waals surface area contributed by atoms with E-state index in [1.807, 2.05) is 11.9 Å². The number of nitrogens with zero attached hydrogens (tertiary/aromatic N) is 1. The van der Waals surface area contributed by atoms with E-state index in [0.29, 0.717) is 24.7 Å². The first-order valence-corrected chi connectivity index (χ1v) is 6.49. The fraction of sp³-hybridized carbons (Fsp3) is 0.400. The van der Waals surface area contributed by atoms with Gasteiger partial charge < -0.3 is 15.0 Å². The number of hydrogen-bond acceptors (Lipinski definition) is 3. The first-order chi connectivity index (χ1) is 9.04. The van der Waals surface area contributed by atoms with E-state index in [2.05, 4.69) is 38.2 Å². The molecule has 1 fully saturated rings. The molecule has 1 saturated heterocycles. The monoisotopic (exact) mass is 259 g/mol. The molecule has 0 aliphatic carbocycles. The minimum Gasteiger partial charge on any atom is -0.486 e. The number of nitrogens with one attached hydrogen (secondary N) is 2. The van der Waals surface area contributed by atoms with Crippen molar-refractivity contribution in [1.29, 1.82) is 5.41 Å². The summed E-state index contributed by atoms with van der Waals surface area (Å²) in [7, 11) is 1.81. The highest BCUT2D eigenvalue weighted by Crippen LogP contribution is 2.29. The Morgan fingerprint density at radius 2 is 1.89 bits per heavy atom. The molecule has 4 heteroatoms. The topological polar surface area (TPSA) is 48.4 Å². The van der Waals surface area contributed by atoms with E-state index in [4.69, 9.17) is 10.1 Å². The van der Waals surface area contributed by atoms with Crippen LogP contribution in [0, 0.1) is 26.2 Å². The summed E-state index contributed by atoms with van der Waals surface area (Å²) in [6.45, 7) is 7.60. The van der Waals surface area contributed by atoms with E-state index >= 15 is 0 Å². The minimum atomic E-state index is 0.413. The molecular formula is C15H21N3O. The molecule has 2 N–H and O–H groups in total. The van der Waals surface area contributed by atoms with Gasteiger partial charge in [-0.25, -0.2) is 0 Å². The molecule has 2 rings (SSSR count). The minimum absolute atomic E-state index is 0.413. The predicted molar refractivity (Wildman–Crippen MR) is 78.8 cm³/mol. The van der Waals surface area contributed by atoms with Crippen LogP contribution in [0.1, 0.15) is 16.7 Å². The van der Waals surface area contributed by atoms with Crippen molar-refractivity contribution in [3.8, 4) is 0 Å². The number of amidine groups is 1. The molecule has 0 spiro atoms. The molecule has 0 atom stereocenters. The summed E-state index contributed by atoms with van der Waals surface area (Å²) < 4.78 is 5.52. The Labute approximate surface area is 114 Å². The third-order valence-electron chi connectivity index (χ3n) is 3.26. The van der Waals surface area contributed by atoms with E-state index in [0.717, 1.165) is 5.69 Å². The van der Waals surface area contributed by atoms with Gasteiger partial charge in [-0.05, 0) is 31.9 Å². The third kappa shape index (κ3) is 2.57. The SMILES string of the molecule is CN/C=C1/OCCN(c2c(C)cc(C)cc2C)C1=N. The standard InChI is InChI=1S/C15H21N3O/c1-10-7-11(2)14(12(3)8-10)18-5-6-19-13(9-17-4)15(18)16/h7-9,16-17H,5-6H2,1-4H3/b13-9+,16-15?. The van der Waals surface area contributed by atoms with E-state index in [9.17, 15) is 0 Å². The Bertz CT molecular complexity index is 511. The summed E-state index contributed by atoms with van der Waals surface area (Å²) in [6.07, 6.45) is 1.73. The van der Waals surface area contributed by atoms with Crippen molar-refractivity contribution in [2.24, 2.45) is 0 Å². The number of benzene rings is 1. The Hall–Kier alpha value is -1.97. The molecule has 19 heavy (non-hydrogen) atoms. The van der Waals surface area contributed by atoms with Crippen LogP contribution in [0.25, 0.3) is 0 Å². The largest absolute Gasteiger partial charge is 0.486 e. The number of hydrogen-bond donors (Lipinski definition) is 2. The lowest BCUT2D eigenvalue weighted by Crippen LogP contribution is -2.41. The zero-order valence-electron chi connectivity index (χ0n) is 12.0. The molecule has 4 nitrogen and oxygen atoms in total. The van der Waals surface area contributed by atoms with Crippen molar-refractivity contribution < 1.29 is 4.74 Å². The van der Waals surface area contributed by atoms with Gasteiger partial charge in [-0.2, -0.15) is 0 Å². The van der Waals surface area contributed by atoms with Crippen LogP contribution in [-0.2, 0) is 4.74 Å². The Balaban J connectivity index is 2.42. The quantitative estimate of drug-likeness (QED) is 0.858. The number of anilines is 1.